The van der Waals surface area contributed by atoms with Gasteiger partial charge in [0.2, 0.25) is 5.91 Å². The Balaban J connectivity index is 1.84. The lowest BCUT2D eigenvalue weighted by atomic mass is 10.1. The highest BCUT2D eigenvalue weighted by atomic mass is 35.5. The van der Waals surface area contributed by atoms with Crippen molar-refractivity contribution in [1.82, 2.24) is 4.90 Å². The van der Waals surface area contributed by atoms with Gasteiger partial charge in [0, 0.05) is 23.7 Å². The predicted molar refractivity (Wildman–Crippen MR) is 97.3 cm³/mol. The Labute approximate surface area is 155 Å². The molecule has 1 heterocycles. The van der Waals surface area contributed by atoms with Crippen molar-refractivity contribution in [3.63, 3.8) is 0 Å². The van der Waals surface area contributed by atoms with E-state index < -0.39 is 11.9 Å². The molecule has 0 aromatic heterocycles. The number of nitrogens with zero attached hydrogens (tertiary/aromatic N) is 2. The molecule has 1 aliphatic heterocycles. The molecular weight excluding hydrogens is 359 g/mol. The third kappa shape index (κ3) is 3.37. The van der Waals surface area contributed by atoms with Crippen LogP contribution in [0.4, 0.5) is 10.1 Å². The molecule has 1 atom stereocenters. The van der Waals surface area contributed by atoms with E-state index in [1.165, 1.54) is 36.3 Å². The van der Waals surface area contributed by atoms with Gasteiger partial charge in [0.05, 0.1) is 12.8 Å². The van der Waals surface area contributed by atoms with E-state index in [1.807, 2.05) is 0 Å². The summed E-state index contributed by atoms with van der Waals surface area (Å²) in [5, 5.41) is 0.492. The molecule has 1 fully saturated rings. The van der Waals surface area contributed by atoms with E-state index >= 15 is 0 Å². The van der Waals surface area contributed by atoms with Crippen LogP contribution in [0.25, 0.3) is 0 Å². The van der Waals surface area contributed by atoms with Crippen molar-refractivity contribution in [3.05, 3.63) is 58.9 Å². The number of hydrogen-bond acceptors (Lipinski definition) is 3. The van der Waals surface area contributed by atoms with Crippen LogP contribution in [0, 0.1) is 5.82 Å². The minimum absolute atomic E-state index is 0.229. The smallest absolute Gasteiger partial charge is 0.254 e. The van der Waals surface area contributed by atoms with Crippen LogP contribution in [-0.4, -0.2) is 43.0 Å². The van der Waals surface area contributed by atoms with Crippen LogP contribution in [0.15, 0.2) is 42.5 Å². The molecule has 5 nitrogen and oxygen atoms in total. The van der Waals surface area contributed by atoms with Gasteiger partial charge in [0.15, 0.2) is 0 Å². The highest BCUT2D eigenvalue weighted by molar-refractivity contribution is 6.31. The first-order valence-electron chi connectivity index (χ1n) is 8.14. The van der Waals surface area contributed by atoms with Crippen molar-refractivity contribution >= 4 is 29.1 Å². The van der Waals surface area contributed by atoms with Gasteiger partial charge in [0.1, 0.15) is 17.6 Å². The van der Waals surface area contributed by atoms with E-state index in [2.05, 4.69) is 0 Å². The van der Waals surface area contributed by atoms with Gasteiger partial charge >= 0.3 is 0 Å². The molecular formula is C19H18ClFN2O3. The molecule has 0 radical (unpaired) electrons. The quantitative estimate of drug-likeness (QED) is 0.825. The van der Waals surface area contributed by atoms with E-state index in [1.54, 1.807) is 30.0 Å². The van der Waals surface area contributed by atoms with E-state index in [0.29, 0.717) is 35.1 Å². The summed E-state index contributed by atoms with van der Waals surface area (Å²) in [6, 6.07) is 9.69. The Morgan fingerprint density at radius 2 is 1.88 bits per heavy atom. The average molecular weight is 377 g/mol. The second kappa shape index (κ2) is 7.33. The Morgan fingerprint density at radius 1 is 1.19 bits per heavy atom. The number of halogens is 2. The van der Waals surface area contributed by atoms with Gasteiger partial charge in [0.25, 0.3) is 5.91 Å². The molecule has 0 N–H and O–H groups in total. The van der Waals surface area contributed by atoms with E-state index in [4.69, 9.17) is 16.3 Å². The van der Waals surface area contributed by atoms with Crippen molar-refractivity contribution in [2.24, 2.45) is 0 Å². The molecule has 136 valence electrons. The molecule has 1 saturated heterocycles. The summed E-state index contributed by atoms with van der Waals surface area (Å²) in [7, 11) is 1.52. The molecule has 0 saturated carbocycles. The summed E-state index contributed by atoms with van der Waals surface area (Å²) < 4.78 is 18.4. The van der Waals surface area contributed by atoms with Crippen molar-refractivity contribution in [3.8, 4) is 5.75 Å². The number of hydrogen-bond donors (Lipinski definition) is 0. The first-order chi connectivity index (χ1) is 12.4. The molecule has 0 bridgehead atoms. The number of carbonyl (C=O) groups excluding carboxylic acids is 2. The van der Waals surface area contributed by atoms with Crippen LogP contribution in [0.2, 0.25) is 5.02 Å². The monoisotopic (exact) mass is 376 g/mol. The molecule has 3 rings (SSSR count). The highest BCUT2D eigenvalue weighted by Crippen LogP contribution is 2.33. The van der Waals surface area contributed by atoms with Gasteiger partial charge in [-0.25, -0.2) is 4.39 Å². The second-order valence-electron chi connectivity index (χ2n) is 5.99. The minimum Gasteiger partial charge on any atom is -0.495 e. The zero-order chi connectivity index (χ0) is 18.8. The average Bonchev–Trinajstić information content (AvgIpc) is 2.64. The summed E-state index contributed by atoms with van der Waals surface area (Å²) in [5.74, 6) is -0.410. The maximum Gasteiger partial charge on any atom is 0.254 e. The van der Waals surface area contributed by atoms with E-state index in [-0.39, 0.29) is 11.8 Å². The second-order valence-corrected chi connectivity index (χ2v) is 6.42. The van der Waals surface area contributed by atoms with Crippen LogP contribution < -0.4 is 9.64 Å². The number of piperazine rings is 1. The van der Waals surface area contributed by atoms with Gasteiger partial charge in [-0.05, 0) is 49.4 Å². The van der Waals surface area contributed by atoms with Crippen molar-refractivity contribution < 1.29 is 18.7 Å². The summed E-state index contributed by atoms with van der Waals surface area (Å²) in [6.45, 7) is 2.33. The first kappa shape index (κ1) is 18.2. The van der Waals surface area contributed by atoms with Gasteiger partial charge in [-0.1, -0.05) is 11.6 Å². The van der Waals surface area contributed by atoms with Gasteiger partial charge in [-0.3, -0.25) is 9.59 Å². The van der Waals surface area contributed by atoms with Crippen LogP contribution in [0.5, 0.6) is 5.75 Å². The maximum absolute atomic E-state index is 13.1. The van der Waals surface area contributed by atoms with Gasteiger partial charge < -0.3 is 14.5 Å². The van der Waals surface area contributed by atoms with Gasteiger partial charge in [-0.15, -0.1) is 0 Å². The minimum atomic E-state index is -0.662. The highest BCUT2D eigenvalue weighted by Gasteiger charge is 2.36. The number of benzene rings is 2. The molecule has 1 unspecified atom stereocenters. The van der Waals surface area contributed by atoms with Crippen molar-refractivity contribution in [2.75, 3.05) is 25.1 Å². The molecule has 0 aliphatic carbocycles. The SMILES string of the molecule is COc1ccc(Cl)cc1N1CCN(C(=O)c2ccc(F)cc2)C(C)C1=O. The van der Waals surface area contributed by atoms with Crippen LogP contribution >= 0.6 is 11.6 Å². The number of anilines is 1. The normalized spacial score (nSPS) is 17.4. The third-order valence-electron chi connectivity index (χ3n) is 4.44. The Bertz CT molecular complexity index is 841. The van der Waals surface area contributed by atoms with Crippen LogP contribution in [0.1, 0.15) is 17.3 Å². The van der Waals surface area contributed by atoms with Gasteiger partial charge in [-0.2, -0.15) is 0 Å². The standard InChI is InChI=1S/C19H18ClFN2O3/c1-12-18(24)23(16-11-14(20)5-8-17(16)26-2)10-9-22(12)19(25)13-3-6-15(21)7-4-13/h3-8,11-12H,9-10H2,1-2H3. The number of ether oxygens (including phenoxy) is 1. The summed E-state index contributed by atoms with van der Waals surface area (Å²) >= 11 is 6.06. The lowest BCUT2D eigenvalue weighted by Crippen LogP contribution is -2.57. The molecule has 2 amide bonds. The fraction of sp³-hybridized carbons (Fsp3) is 0.263. The van der Waals surface area contributed by atoms with Crippen molar-refractivity contribution in [2.45, 2.75) is 13.0 Å². The number of carbonyl (C=O) groups is 2. The third-order valence-corrected chi connectivity index (χ3v) is 4.67. The summed E-state index contributed by atoms with van der Waals surface area (Å²) in [4.78, 5) is 28.6. The fourth-order valence-corrected chi connectivity index (χ4v) is 3.19. The molecule has 2 aromatic rings. The number of methoxy groups -OCH3 is 1. The zero-order valence-corrected chi connectivity index (χ0v) is 15.2. The van der Waals surface area contributed by atoms with Crippen LogP contribution in [-0.2, 0) is 4.79 Å². The Hall–Kier alpha value is -2.60. The maximum atomic E-state index is 13.1. The largest absolute Gasteiger partial charge is 0.495 e. The van der Waals surface area contributed by atoms with E-state index in [0.717, 1.165) is 0 Å². The number of amides is 2. The van der Waals surface area contributed by atoms with Crippen molar-refractivity contribution in [1.29, 1.82) is 0 Å². The predicted octanol–water partition coefficient (Wildman–Crippen LogP) is 3.37. The zero-order valence-electron chi connectivity index (χ0n) is 14.4. The number of rotatable bonds is 3. The summed E-state index contributed by atoms with van der Waals surface area (Å²) in [6.07, 6.45) is 0. The van der Waals surface area contributed by atoms with E-state index in [9.17, 15) is 14.0 Å². The first-order valence-corrected chi connectivity index (χ1v) is 8.51. The lowest BCUT2D eigenvalue weighted by molar-refractivity contribution is -0.124. The van der Waals surface area contributed by atoms with Crippen LogP contribution in [0.3, 0.4) is 0 Å². The fourth-order valence-electron chi connectivity index (χ4n) is 3.02. The lowest BCUT2D eigenvalue weighted by Gasteiger charge is -2.39. The molecule has 7 heteroatoms. The molecule has 0 spiro atoms. The summed E-state index contributed by atoms with van der Waals surface area (Å²) in [5.41, 5.74) is 0.922. The molecule has 26 heavy (non-hydrogen) atoms. The molecule has 1 aliphatic rings. The molecule has 2 aromatic carbocycles. The topological polar surface area (TPSA) is 49.9 Å². The Kier molecular flexibility index (Phi) is 5.13. The Morgan fingerprint density at radius 3 is 2.54 bits per heavy atom.